The number of aromatic amines is 1. The highest BCUT2D eigenvalue weighted by molar-refractivity contribution is 9.10. The highest BCUT2D eigenvalue weighted by atomic mass is 79.9. The number of rotatable bonds is 3. The molecule has 2 N–H and O–H groups in total. The first kappa shape index (κ1) is 14.3. The lowest BCUT2D eigenvalue weighted by Crippen LogP contribution is -2.23. The van der Waals surface area contributed by atoms with E-state index < -0.39 is 11.5 Å². The molecule has 0 radical (unpaired) electrons. The molecule has 0 spiro atoms. The maximum atomic E-state index is 12.0. The summed E-state index contributed by atoms with van der Waals surface area (Å²) >= 11 is 3.33. The SMILES string of the molecule is COc1ccc(NC(=O)c2ccc(C)[nH]c2=O)cc1Br. The number of methoxy groups -OCH3 is 1. The summed E-state index contributed by atoms with van der Waals surface area (Å²) in [5, 5.41) is 2.67. The molecule has 0 saturated carbocycles. The largest absolute Gasteiger partial charge is 0.496 e. The van der Waals surface area contributed by atoms with Crippen molar-refractivity contribution < 1.29 is 9.53 Å². The van der Waals surface area contributed by atoms with Gasteiger partial charge in [0.2, 0.25) is 0 Å². The molecule has 1 aromatic carbocycles. The van der Waals surface area contributed by atoms with Crippen LogP contribution in [0, 0.1) is 6.92 Å². The second kappa shape index (κ2) is 5.92. The van der Waals surface area contributed by atoms with Gasteiger partial charge in [-0.3, -0.25) is 9.59 Å². The minimum absolute atomic E-state index is 0.0718. The smallest absolute Gasteiger partial charge is 0.261 e. The van der Waals surface area contributed by atoms with E-state index in [1.807, 2.05) is 0 Å². The maximum absolute atomic E-state index is 12.0. The molecule has 104 valence electrons. The van der Waals surface area contributed by atoms with Crippen LogP contribution in [0.25, 0.3) is 0 Å². The molecular weight excluding hydrogens is 324 g/mol. The highest BCUT2D eigenvalue weighted by Crippen LogP contribution is 2.27. The van der Waals surface area contributed by atoms with Gasteiger partial charge < -0.3 is 15.0 Å². The molecule has 20 heavy (non-hydrogen) atoms. The normalized spacial score (nSPS) is 10.2. The average Bonchev–Trinajstić information content (AvgIpc) is 2.38. The van der Waals surface area contributed by atoms with Crippen molar-refractivity contribution in [3.05, 3.63) is 56.4 Å². The van der Waals surface area contributed by atoms with E-state index in [0.29, 0.717) is 17.1 Å². The van der Waals surface area contributed by atoms with Gasteiger partial charge in [-0.05, 0) is 53.2 Å². The van der Waals surface area contributed by atoms with E-state index >= 15 is 0 Å². The lowest BCUT2D eigenvalue weighted by Gasteiger charge is -2.08. The fraction of sp³-hybridized carbons (Fsp3) is 0.143. The van der Waals surface area contributed by atoms with Crippen LogP contribution in [0.4, 0.5) is 5.69 Å². The number of benzene rings is 1. The molecule has 0 saturated heterocycles. The molecule has 2 aromatic rings. The zero-order chi connectivity index (χ0) is 14.7. The number of carbonyl (C=O) groups excluding carboxylic acids is 1. The Morgan fingerprint density at radius 2 is 2.05 bits per heavy atom. The number of anilines is 1. The number of aromatic nitrogens is 1. The van der Waals surface area contributed by atoms with Gasteiger partial charge >= 0.3 is 0 Å². The molecule has 0 unspecified atom stereocenters. The number of nitrogens with one attached hydrogen (secondary N) is 2. The van der Waals surface area contributed by atoms with Crippen molar-refractivity contribution in [2.75, 3.05) is 12.4 Å². The number of pyridine rings is 1. The van der Waals surface area contributed by atoms with Gasteiger partial charge in [-0.1, -0.05) is 0 Å². The third-order valence-corrected chi connectivity index (χ3v) is 3.33. The molecule has 2 rings (SSSR count). The van der Waals surface area contributed by atoms with E-state index in [1.165, 1.54) is 6.07 Å². The van der Waals surface area contributed by atoms with Gasteiger partial charge in [0.1, 0.15) is 11.3 Å². The van der Waals surface area contributed by atoms with Crippen LogP contribution in [0.5, 0.6) is 5.75 Å². The molecular formula is C14H13BrN2O3. The fourth-order valence-corrected chi connectivity index (χ4v) is 2.23. The van der Waals surface area contributed by atoms with Crippen LogP contribution in [0.2, 0.25) is 0 Å². The molecule has 0 atom stereocenters. The third kappa shape index (κ3) is 3.08. The van der Waals surface area contributed by atoms with Gasteiger partial charge in [-0.2, -0.15) is 0 Å². The van der Waals surface area contributed by atoms with Crippen LogP contribution in [-0.2, 0) is 0 Å². The second-order valence-electron chi connectivity index (χ2n) is 4.19. The summed E-state index contributed by atoms with van der Waals surface area (Å²) in [6, 6.07) is 8.31. The Kier molecular flexibility index (Phi) is 4.24. The Balaban J connectivity index is 2.23. The molecule has 5 nitrogen and oxygen atoms in total. The molecule has 1 heterocycles. The van der Waals surface area contributed by atoms with Crippen LogP contribution in [-0.4, -0.2) is 18.0 Å². The number of aryl methyl sites for hydroxylation is 1. The monoisotopic (exact) mass is 336 g/mol. The zero-order valence-electron chi connectivity index (χ0n) is 11.0. The number of hydrogen-bond acceptors (Lipinski definition) is 3. The summed E-state index contributed by atoms with van der Waals surface area (Å²) in [7, 11) is 1.56. The molecule has 0 aliphatic heterocycles. The lowest BCUT2D eigenvalue weighted by atomic mass is 10.2. The van der Waals surface area contributed by atoms with Crippen molar-refractivity contribution in [1.82, 2.24) is 4.98 Å². The van der Waals surface area contributed by atoms with E-state index in [9.17, 15) is 9.59 Å². The lowest BCUT2D eigenvalue weighted by molar-refractivity contribution is 0.102. The van der Waals surface area contributed by atoms with Gasteiger partial charge in [0.25, 0.3) is 11.5 Å². The summed E-state index contributed by atoms with van der Waals surface area (Å²) in [4.78, 5) is 26.3. The molecule has 0 aliphatic rings. The van der Waals surface area contributed by atoms with Crippen LogP contribution < -0.4 is 15.6 Å². The highest BCUT2D eigenvalue weighted by Gasteiger charge is 2.11. The fourth-order valence-electron chi connectivity index (χ4n) is 1.69. The predicted molar refractivity (Wildman–Crippen MR) is 80.4 cm³/mol. The quantitative estimate of drug-likeness (QED) is 0.905. The van der Waals surface area contributed by atoms with E-state index in [2.05, 4.69) is 26.2 Å². The average molecular weight is 337 g/mol. The van der Waals surface area contributed by atoms with E-state index in [4.69, 9.17) is 4.74 Å². The zero-order valence-corrected chi connectivity index (χ0v) is 12.6. The van der Waals surface area contributed by atoms with Gasteiger partial charge in [0.15, 0.2) is 0 Å². The van der Waals surface area contributed by atoms with Crippen LogP contribution in [0.15, 0.2) is 39.6 Å². The van der Waals surface area contributed by atoms with Crippen molar-refractivity contribution in [1.29, 1.82) is 0 Å². The first-order valence-corrected chi connectivity index (χ1v) is 6.65. The number of halogens is 1. The topological polar surface area (TPSA) is 71.2 Å². The Morgan fingerprint density at radius 3 is 2.65 bits per heavy atom. The van der Waals surface area contributed by atoms with Crippen LogP contribution in [0.3, 0.4) is 0 Å². The molecule has 6 heteroatoms. The van der Waals surface area contributed by atoms with Crippen molar-refractivity contribution in [2.45, 2.75) is 6.92 Å². The number of H-pyrrole nitrogens is 1. The molecule has 1 aromatic heterocycles. The summed E-state index contributed by atoms with van der Waals surface area (Å²) in [5.74, 6) is 0.208. The van der Waals surface area contributed by atoms with Gasteiger partial charge in [-0.25, -0.2) is 0 Å². The predicted octanol–water partition coefficient (Wildman–Crippen LogP) is 2.71. The van der Waals surface area contributed by atoms with Crippen molar-refractivity contribution >= 4 is 27.5 Å². The summed E-state index contributed by atoms with van der Waals surface area (Å²) in [6.07, 6.45) is 0. The third-order valence-electron chi connectivity index (χ3n) is 2.71. The van der Waals surface area contributed by atoms with Crippen molar-refractivity contribution in [2.24, 2.45) is 0 Å². The first-order chi connectivity index (χ1) is 9.51. The number of carbonyl (C=O) groups is 1. The second-order valence-corrected chi connectivity index (χ2v) is 5.04. The number of ether oxygens (including phenoxy) is 1. The maximum Gasteiger partial charge on any atom is 0.261 e. The van der Waals surface area contributed by atoms with E-state index in [1.54, 1.807) is 38.3 Å². The van der Waals surface area contributed by atoms with Gasteiger partial charge in [0.05, 0.1) is 11.6 Å². The van der Waals surface area contributed by atoms with Crippen LogP contribution >= 0.6 is 15.9 Å². The van der Waals surface area contributed by atoms with Gasteiger partial charge in [0, 0.05) is 11.4 Å². The Bertz CT molecular complexity index is 710. The molecule has 0 aliphatic carbocycles. The van der Waals surface area contributed by atoms with Gasteiger partial charge in [-0.15, -0.1) is 0 Å². The summed E-state index contributed by atoms with van der Waals surface area (Å²) in [6.45, 7) is 1.75. The van der Waals surface area contributed by atoms with Crippen LogP contribution in [0.1, 0.15) is 16.1 Å². The van der Waals surface area contributed by atoms with E-state index in [0.717, 1.165) is 4.47 Å². The minimum Gasteiger partial charge on any atom is -0.496 e. The number of hydrogen-bond donors (Lipinski definition) is 2. The standard InChI is InChI=1S/C14H13BrN2O3/c1-8-3-5-10(13(18)16-8)14(19)17-9-4-6-12(20-2)11(15)7-9/h3-7H,1-2H3,(H,16,18)(H,17,19). The Hall–Kier alpha value is -2.08. The number of amides is 1. The first-order valence-electron chi connectivity index (χ1n) is 5.86. The molecule has 0 fully saturated rings. The Labute approximate surface area is 124 Å². The summed E-state index contributed by atoms with van der Waals surface area (Å²) < 4.78 is 5.83. The molecule has 0 bridgehead atoms. The van der Waals surface area contributed by atoms with Crippen molar-refractivity contribution in [3.8, 4) is 5.75 Å². The Morgan fingerprint density at radius 1 is 1.30 bits per heavy atom. The summed E-state index contributed by atoms with van der Waals surface area (Å²) in [5.41, 5.74) is 0.944. The minimum atomic E-state index is -0.455. The van der Waals surface area contributed by atoms with E-state index in [-0.39, 0.29) is 5.56 Å². The van der Waals surface area contributed by atoms with Crippen molar-refractivity contribution in [3.63, 3.8) is 0 Å². The molecule has 1 amide bonds.